The number of benzene rings is 1. The molecule has 1 saturated carbocycles. The minimum absolute atomic E-state index is 0.115. The van der Waals surface area contributed by atoms with Crippen molar-refractivity contribution >= 4 is 17.6 Å². The van der Waals surface area contributed by atoms with E-state index in [4.69, 9.17) is 11.6 Å². The van der Waals surface area contributed by atoms with Gasteiger partial charge in [0.05, 0.1) is 0 Å². The number of aromatic amines is 1. The molecule has 2 amide bonds. The summed E-state index contributed by atoms with van der Waals surface area (Å²) in [5.74, 6) is 0.307. The van der Waals surface area contributed by atoms with Crippen molar-refractivity contribution in [2.45, 2.75) is 31.8 Å². The fourth-order valence-electron chi connectivity index (χ4n) is 2.64. The van der Waals surface area contributed by atoms with E-state index in [9.17, 15) is 9.59 Å². The molecule has 0 spiro atoms. The molecule has 0 bridgehead atoms. The molecule has 0 saturated heterocycles. The molecule has 0 aliphatic heterocycles. The average molecular weight is 332 g/mol. The Hall–Kier alpha value is -2.27. The van der Waals surface area contributed by atoms with E-state index in [1.54, 1.807) is 12.3 Å². The van der Waals surface area contributed by atoms with Gasteiger partial charge in [-0.25, -0.2) is 4.79 Å². The van der Waals surface area contributed by atoms with Crippen molar-refractivity contribution < 1.29 is 4.79 Å². The summed E-state index contributed by atoms with van der Waals surface area (Å²) in [7, 11) is 0. The van der Waals surface area contributed by atoms with Crippen LogP contribution in [-0.2, 0) is 6.54 Å². The van der Waals surface area contributed by atoms with Crippen LogP contribution in [0.25, 0.3) is 0 Å². The maximum Gasteiger partial charge on any atom is 0.315 e. The van der Waals surface area contributed by atoms with Gasteiger partial charge >= 0.3 is 6.03 Å². The van der Waals surface area contributed by atoms with Gasteiger partial charge in [0, 0.05) is 35.3 Å². The van der Waals surface area contributed by atoms with Crippen LogP contribution < -0.4 is 16.2 Å². The topological polar surface area (TPSA) is 74.0 Å². The number of nitrogens with one attached hydrogen (secondary N) is 3. The van der Waals surface area contributed by atoms with Crippen LogP contribution in [0.15, 0.2) is 41.3 Å². The van der Waals surface area contributed by atoms with Gasteiger partial charge in [0.1, 0.15) is 0 Å². The second kappa shape index (κ2) is 6.46. The van der Waals surface area contributed by atoms with E-state index in [0.717, 1.165) is 17.5 Å². The molecule has 6 heteroatoms. The number of amides is 2. The highest BCUT2D eigenvalue weighted by atomic mass is 35.5. The Morgan fingerprint density at radius 3 is 3.00 bits per heavy atom. The maximum absolute atomic E-state index is 11.9. The number of rotatable bonds is 4. The first kappa shape index (κ1) is 15.6. The molecule has 2 atom stereocenters. The summed E-state index contributed by atoms with van der Waals surface area (Å²) in [5, 5.41) is 6.35. The summed E-state index contributed by atoms with van der Waals surface area (Å²) in [6.45, 7) is 2.09. The Morgan fingerprint density at radius 2 is 2.22 bits per heavy atom. The average Bonchev–Trinajstić information content (AvgIpc) is 3.27. The predicted molar refractivity (Wildman–Crippen MR) is 89.8 cm³/mol. The number of hydrogen-bond acceptors (Lipinski definition) is 2. The number of halogens is 1. The summed E-state index contributed by atoms with van der Waals surface area (Å²) >= 11 is 5.98. The van der Waals surface area contributed by atoms with Crippen molar-refractivity contribution in [1.29, 1.82) is 0 Å². The number of carbonyl (C=O) groups excluding carboxylic acids is 1. The number of urea groups is 1. The molecule has 1 aromatic carbocycles. The summed E-state index contributed by atoms with van der Waals surface area (Å²) in [5.41, 5.74) is 2.45. The Morgan fingerprint density at radius 1 is 1.39 bits per heavy atom. The lowest BCUT2D eigenvalue weighted by Crippen LogP contribution is -2.38. The van der Waals surface area contributed by atoms with Gasteiger partial charge in [0.25, 0.3) is 5.56 Å². The van der Waals surface area contributed by atoms with Crippen LogP contribution in [0.2, 0.25) is 5.02 Å². The Labute approximate surface area is 139 Å². The first-order chi connectivity index (χ1) is 11.0. The van der Waals surface area contributed by atoms with E-state index < -0.39 is 0 Å². The van der Waals surface area contributed by atoms with Gasteiger partial charge in [-0.05, 0) is 42.7 Å². The lowest BCUT2D eigenvalue weighted by atomic mass is 10.1. The molecule has 1 aliphatic carbocycles. The van der Waals surface area contributed by atoms with Crippen LogP contribution in [0.4, 0.5) is 4.79 Å². The highest BCUT2D eigenvalue weighted by Crippen LogP contribution is 2.41. The smallest absolute Gasteiger partial charge is 0.315 e. The normalized spacial score (nSPS) is 19.2. The maximum atomic E-state index is 11.9. The molecule has 3 rings (SSSR count). The van der Waals surface area contributed by atoms with E-state index in [-0.39, 0.29) is 24.2 Å². The molecule has 120 valence electrons. The highest BCUT2D eigenvalue weighted by molar-refractivity contribution is 6.30. The van der Waals surface area contributed by atoms with E-state index in [1.165, 1.54) is 0 Å². The van der Waals surface area contributed by atoms with E-state index >= 15 is 0 Å². The summed E-state index contributed by atoms with van der Waals surface area (Å²) in [6, 6.07) is 9.31. The van der Waals surface area contributed by atoms with Crippen LogP contribution in [0.3, 0.4) is 0 Å². The van der Waals surface area contributed by atoms with Crippen molar-refractivity contribution in [2.24, 2.45) is 0 Å². The molecule has 23 heavy (non-hydrogen) atoms. The molecule has 1 aromatic heterocycles. The quantitative estimate of drug-likeness (QED) is 0.806. The van der Waals surface area contributed by atoms with Gasteiger partial charge in [-0.15, -0.1) is 0 Å². The monoisotopic (exact) mass is 331 g/mol. The number of aromatic nitrogens is 1. The number of hydrogen-bond donors (Lipinski definition) is 3. The minimum atomic E-state index is -0.263. The van der Waals surface area contributed by atoms with Crippen LogP contribution in [0.1, 0.15) is 29.0 Å². The molecular weight excluding hydrogens is 314 g/mol. The second-order valence-electron chi connectivity index (χ2n) is 5.86. The van der Waals surface area contributed by atoms with Gasteiger partial charge in [-0.3, -0.25) is 4.79 Å². The number of pyridine rings is 1. The highest BCUT2D eigenvalue weighted by Gasteiger charge is 2.39. The third kappa shape index (κ3) is 3.93. The molecule has 3 N–H and O–H groups in total. The number of aryl methyl sites for hydroxylation is 1. The van der Waals surface area contributed by atoms with Crippen LogP contribution in [0, 0.1) is 6.92 Å². The largest absolute Gasteiger partial charge is 0.335 e. The van der Waals surface area contributed by atoms with Gasteiger partial charge in [-0.1, -0.05) is 23.7 Å². The third-order valence-corrected chi connectivity index (χ3v) is 4.18. The molecule has 2 aromatic rings. The van der Waals surface area contributed by atoms with Crippen molar-refractivity contribution in [1.82, 2.24) is 15.6 Å². The van der Waals surface area contributed by atoms with E-state index in [2.05, 4.69) is 15.6 Å². The van der Waals surface area contributed by atoms with Crippen LogP contribution in [0.5, 0.6) is 0 Å². The molecule has 1 aliphatic rings. The lowest BCUT2D eigenvalue weighted by Gasteiger charge is -2.08. The predicted octanol–water partition coefficient (Wildman–Crippen LogP) is 2.69. The Kier molecular flexibility index (Phi) is 4.39. The van der Waals surface area contributed by atoms with Gasteiger partial charge in [0.15, 0.2) is 0 Å². The molecule has 1 heterocycles. The van der Waals surface area contributed by atoms with Crippen molar-refractivity contribution in [3.8, 4) is 0 Å². The van der Waals surface area contributed by atoms with Crippen molar-refractivity contribution in [3.05, 3.63) is 68.6 Å². The Bertz CT molecular complexity index is 787. The molecule has 5 nitrogen and oxygen atoms in total. The second-order valence-corrected chi connectivity index (χ2v) is 6.30. The number of carbonyl (C=O) groups is 1. The van der Waals surface area contributed by atoms with Crippen LogP contribution >= 0.6 is 11.6 Å². The van der Waals surface area contributed by atoms with Gasteiger partial charge < -0.3 is 15.6 Å². The SMILES string of the molecule is Cc1c[nH]c(=O)c(CNC(=O)N[C@@H]2C[C@H]2c2cccc(Cl)c2)c1. The summed E-state index contributed by atoms with van der Waals surface area (Å²) in [6.07, 6.45) is 2.55. The van der Waals surface area contributed by atoms with Gasteiger partial charge in [-0.2, -0.15) is 0 Å². The third-order valence-electron chi connectivity index (χ3n) is 3.95. The zero-order valence-electron chi connectivity index (χ0n) is 12.7. The van der Waals surface area contributed by atoms with Crippen LogP contribution in [-0.4, -0.2) is 17.1 Å². The summed E-state index contributed by atoms with van der Waals surface area (Å²) < 4.78 is 0. The van der Waals surface area contributed by atoms with E-state index in [1.807, 2.05) is 31.2 Å². The van der Waals surface area contributed by atoms with Crippen molar-refractivity contribution in [3.63, 3.8) is 0 Å². The Balaban J connectivity index is 1.51. The van der Waals surface area contributed by atoms with Gasteiger partial charge in [0.2, 0.25) is 0 Å². The molecule has 1 fully saturated rings. The lowest BCUT2D eigenvalue weighted by molar-refractivity contribution is 0.240. The standard InChI is InChI=1S/C17H18ClN3O2/c1-10-5-12(16(22)19-8-10)9-20-17(23)21-15-7-14(15)11-3-2-4-13(18)6-11/h2-6,8,14-15H,7,9H2,1H3,(H,19,22)(H2,20,21,23)/t14-,15+/m0/s1. The molecule has 0 radical (unpaired) electrons. The zero-order chi connectivity index (χ0) is 16.4. The first-order valence-electron chi connectivity index (χ1n) is 7.51. The fourth-order valence-corrected chi connectivity index (χ4v) is 2.84. The fraction of sp³-hybridized carbons (Fsp3) is 0.294. The first-order valence-corrected chi connectivity index (χ1v) is 7.89. The summed E-state index contributed by atoms with van der Waals surface area (Å²) in [4.78, 5) is 26.2. The molecule has 0 unspecified atom stereocenters. The zero-order valence-corrected chi connectivity index (χ0v) is 13.5. The van der Waals surface area contributed by atoms with E-state index in [0.29, 0.717) is 16.5 Å². The number of H-pyrrole nitrogens is 1. The molecular formula is C17H18ClN3O2. The van der Waals surface area contributed by atoms with Crippen molar-refractivity contribution in [2.75, 3.05) is 0 Å². The minimum Gasteiger partial charge on any atom is -0.335 e.